The van der Waals surface area contributed by atoms with Crippen molar-refractivity contribution in [3.63, 3.8) is 0 Å². The predicted octanol–water partition coefficient (Wildman–Crippen LogP) is 5.48. The van der Waals surface area contributed by atoms with Gasteiger partial charge in [-0.05, 0) is 68.8 Å². The largest absolute Gasteiger partial charge is 0.353 e. The van der Waals surface area contributed by atoms with Crippen molar-refractivity contribution in [3.8, 4) is 0 Å². The highest BCUT2D eigenvalue weighted by Gasteiger charge is 2.23. The van der Waals surface area contributed by atoms with Gasteiger partial charge in [-0.3, -0.25) is 4.90 Å². The number of benzene rings is 2. The molecule has 4 rings (SSSR count). The molecule has 0 radical (unpaired) electrons. The first-order valence-corrected chi connectivity index (χ1v) is 9.06. The average Bonchev–Trinajstić information content (AvgIpc) is 2.74. The minimum Gasteiger partial charge on any atom is -0.353 e. The summed E-state index contributed by atoms with van der Waals surface area (Å²) in [4.78, 5) is 7.43. The number of hydrogen-bond donors (Lipinski definition) is 1. The Morgan fingerprint density at radius 1 is 1.16 bits per heavy atom. The van der Waals surface area contributed by atoms with Crippen molar-refractivity contribution >= 4 is 34.4 Å². The van der Waals surface area contributed by atoms with E-state index in [0.717, 1.165) is 46.3 Å². The Bertz CT molecular complexity index is 898. The van der Waals surface area contributed by atoms with E-state index in [1.54, 1.807) is 0 Å². The monoisotopic (exact) mass is 351 g/mol. The molecule has 0 aliphatic carbocycles. The summed E-state index contributed by atoms with van der Waals surface area (Å²) in [6, 6.07) is 12.7. The predicted molar refractivity (Wildman–Crippen MR) is 107 cm³/mol. The lowest BCUT2D eigenvalue weighted by Gasteiger charge is -2.29. The zero-order valence-corrected chi connectivity index (χ0v) is 15.6. The normalized spacial score (nSPS) is 19.9. The Balaban J connectivity index is 1.93. The number of aliphatic imine (C=N–C) groups is 1. The van der Waals surface area contributed by atoms with Gasteiger partial charge in [-0.1, -0.05) is 23.7 Å². The van der Waals surface area contributed by atoms with Crippen LogP contribution in [0.2, 0.25) is 5.02 Å². The van der Waals surface area contributed by atoms with Gasteiger partial charge in [0.1, 0.15) is 0 Å². The van der Waals surface area contributed by atoms with Crippen molar-refractivity contribution < 1.29 is 0 Å². The van der Waals surface area contributed by atoms with Crippen LogP contribution in [0, 0.1) is 6.92 Å². The molecule has 2 aliphatic heterocycles. The highest BCUT2D eigenvalue weighted by molar-refractivity contribution is 6.31. The zero-order chi connectivity index (χ0) is 17.6. The van der Waals surface area contributed by atoms with Crippen LogP contribution in [0.25, 0.3) is 0 Å². The summed E-state index contributed by atoms with van der Waals surface area (Å²) in [5.41, 5.74) is 7.68. The van der Waals surface area contributed by atoms with Crippen LogP contribution in [-0.2, 0) is 0 Å². The van der Waals surface area contributed by atoms with E-state index in [0.29, 0.717) is 6.04 Å². The maximum atomic E-state index is 6.31. The molecule has 2 heterocycles. The summed E-state index contributed by atoms with van der Waals surface area (Å²) in [5.74, 6) is 0. The molecule has 0 fully saturated rings. The summed E-state index contributed by atoms with van der Waals surface area (Å²) in [6.45, 7) is 5.36. The molecule has 1 N–H and O–H groups in total. The third-order valence-corrected chi connectivity index (χ3v) is 5.30. The Labute approximate surface area is 154 Å². The molecular formula is C21H22ClN3. The first-order chi connectivity index (χ1) is 12.0. The summed E-state index contributed by atoms with van der Waals surface area (Å²) < 4.78 is 0. The van der Waals surface area contributed by atoms with E-state index in [4.69, 9.17) is 16.6 Å². The van der Waals surface area contributed by atoms with Gasteiger partial charge >= 0.3 is 0 Å². The number of likely N-dealkylation sites (N-methyl/N-ethyl adjacent to an activating group) is 1. The first kappa shape index (κ1) is 16.4. The molecule has 0 saturated carbocycles. The summed E-state index contributed by atoms with van der Waals surface area (Å²) in [7, 11) is 2.16. The van der Waals surface area contributed by atoms with Crippen LogP contribution in [0.15, 0.2) is 53.0 Å². The first-order valence-electron chi connectivity index (χ1n) is 8.69. The van der Waals surface area contributed by atoms with Gasteiger partial charge in [-0.2, -0.15) is 0 Å². The minimum absolute atomic E-state index is 0.405. The van der Waals surface area contributed by atoms with Crippen LogP contribution >= 0.6 is 11.6 Å². The van der Waals surface area contributed by atoms with Gasteiger partial charge in [0, 0.05) is 28.9 Å². The second kappa shape index (κ2) is 6.32. The number of nitrogens with one attached hydrogen (secondary N) is 1. The minimum atomic E-state index is 0.405. The smallest absolute Gasteiger partial charge is 0.0874 e. The molecule has 0 unspecified atom stereocenters. The molecule has 25 heavy (non-hydrogen) atoms. The lowest BCUT2D eigenvalue weighted by molar-refractivity contribution is 0.288. The van der Waals surface area contributed by atoms with Crippen LogP contribution in [-0.4, -0.2) is 30.2 Å². The molecule has 3 nitrogen and oxygen atoms in total. The maximum Gasteiger partial charge on any atom is 0.0874 e. The molecule has 0 aromatic heterocycles. The Morgan fingerprint density at radius 3 is 2.76 bits per heavy atom. The van der Waals surface area contributed by atoms with E-state index >= 15 is 0 Å². The average molecular weight is 352 g/mol. The van der Waals surface area contributed by atoms with E-state index in [2.05, 4.69) is 55.4 Å². The van der Waals surface area contributed by atoms with Crippen LogP contribution < -0.4 is 5.32 Å². The van der Waals surface area contributed by atoms with Gasteiger partial charge in [-0.25, -0.2) is 4.99 Å². The highest BCUT2D eigenvalue weighted by Crippen LogP contribution is 2.38. The SMILES string of the molecule is Cc1ccc2c(c1)N=C(C1=C[C@H](C)N(C)CC1)c1cc(Cl)ccc1N2. The molecule has 0 amide bonds. The lowest BCUT2D eigenvalue weighted by Crippen LogP contribution is -2.33. The molecule has 0 saturated heterocycles. The van der Waals surface area contributed by atoms with E-state index < -0.39 is 0 Å². The fourth-order valence-corrected chi connectivity index (χ4v) is 3.60. The van der Waals surface area contributed by atoms with Crippen LogP contribution in [0.3, 0.4) is 0 Å². The lowest BCUT2D eigenvalue weighted by atomic mass is 9.94. The van der Waals surface area contributed by atoms with Crippen molar-refractivity contribution in [3.05, 3.63) is 64.2 Å². The highest BCUT2D eigenvalue weighted by atomic mass is 35.5. The number of aryl methyl sites for hydroxylation is 1. The molecule has 2 aliphatic rings. The van der Waals surface area contributed by atoms with E-state index in [9.17, 15) is 0 Å². The number of nitrogens with zero attached hydrogens (tertiary/aromatic N) is 2. The van der Waals surface area contributed by atoms with Crippen molar-refractivity contribution in [2.24, 2.45) is 4.99 Å². The summed E-state index contributed by atoms with van der Waals surface area (Å²) >= 11 is 6.31. The van der Waals surface area contributed by atoms with Crippen molar-refractivity contribution in [2.75, 3.05) is 18.9 Å². The molecule has 4 heteroatoms. The van der Waals surface area contributed by atoms with Gasteiger partial charge in [0.2, 0.25) is 0 Å². The molecule has 128 valence electrons. The van der Waals surface area contributed by atoms with Gasteiger partial charge in [0.25, 0.3) is 0 Å². The quantitative estimate of drug-likeness (QED) is 0.737. The number of anilines is 2. The summed E-state index contributed by atoms with van der Waals surface area (Å²) in [6.07, 6.45) is 3.32. The topological polar surface area (TPSA) is 27.6 Å². The van der Waals surface area contributed by atoms with Crippen LogP contribution in [0.5, 0.6) is 0 Å². The van der Waals surface area contributed by atoms with Crippen LogP contribution in [0.1, 0.15) is 24.5 Å². The molecule has 2 aromatic carbocycles. The Hall–Kier alpha value is -2.10. The van der Waals surface area contributed by atoms with Crippen molar-refractivity contribution in [1.82, 2.24) is 4.90 Å². The second-order valence-corrected chi connectivity index (χ2v) is 7.40. The molecular weight excluding hydrogens is 330 g/mol. The van der Waals surface area contributed by atoms with E-state index in [-0.39, 0.29) is 0 Å². The third kappa shape index (κ3) is 3.10. The Morgan fingerprint density at radius 2 is 1.96 bits per heavy atom. The molecule has 1 atom stereocenters. The van der Waals surface area contributed by atoms with E-state index in [1.807, 2.05) is 18.2 Å². The Kier molecular flexibility index (Phi) is 4.14. The van der Waals surface area contributed by atoms with Gasteiger partial charge in [0.15, 0.2) is 0 Å². The van der Waals surface area contributed by atoms with Crippen LogP contribution in [0.4, 0.5) is 17.1 Å². The molecule has 0 bridgehead atoms. The van der Waals surface area contributed by atoms with Gasteiger partial charge < -0.3 is 5.32 Å². The summed E-state index contributed by atoms with van der Waals surface area (Å²) in [5, 5.41) is 4.27. The van der Waals surface area contributed by atoms with E-state index in [1.165, 1.54) is 11.1 Å². The molecule has 2 aromatic rings. The standard InChI is InChI=1S/C21H22ClN3/c1-13-4-6-19-20(10-13)24-21(15-8-9-25(3)14(2)11-15)17-12-16(22)5-7-18(17)23-19/h4-7,10-12,14,23H,8-9H2,1-3H3/t14-/m0/s1. The fourth-order valence-electron chi connectivity index (χ4n) is 3.43. The maximum absolute atomic E-state index is 6.31. The van der Waals surface area contributed by atoms with Gasteiger partial charge in [0.05, 0.1) is 17.1 Å². The number of hydrogen-bond acceptors (Lipinski definition) is 3. The van der Waals surface area contributed by atoms with Gasteiger partial charge in [-0.15, -0.1) is 0 Å². The fraction of sp³-hybridized carbons (Fsp3) is 0.286. The third-order valence-electron chi connectivity index (χ3n) is 5.07. The number of halogens is 1. The number of fused-ring (bicyclic) bond motifs is 2. The molecule has 0 spiro atoms. The second-order valence-electron chi connectivity index (χ2n) is 6.96. The number of rotatable bonds is 1. The zero-order valence-electron chi connectivity index (χ0n) is 14.8. The van der Waals surface area contributed by atoms with Crippen molar-refractivity contribution in [1.29, 1.82) is 0 Å². The van der Waals surface area contributed by atoms with Crippen molar-refractivity contribution in [2.45, 2.75) is 26.3 Å².